The van der Waals surface area contributed by atoms with Crippen molar-refractivity contribution >= 4 is 22.7 Å². The average molecular weight is 296 g/mol. The third-order valence-corrected chi connectivity index (χ3v) is 3.67. The predicted molar refractivity (Wildman–Crippen MR) is 85.2 cm³/mol. The van der Waals surface area contributed by atoms with E-state index < -0.39 is 5.76 Å². The molecule has 0 saturated carbocycles. The first-order chi connectivity index (χ1) is 10.6. The van der Waals surface area contributed by atoms with Crippen molar-refractivity contribution < 1.29 is 9.21 Å². The molecule has 0 spiro atoms. The number of carbonyl (C=O) groups is 1. The summed E-state index contributed by atoms with van der Waals surface area (Å²) in [5.74, 6) is -0.558. The van der Waals surface area contributed by atoms with Crippen molar-refractivity contribution in [2.75, 3.05) is 11.4 Å². The van der Waals surface area contributed by atoms with Gasteiger partial charge in [0.2, 0.25) is 0 Å². The van der Waals surface area contributed by atoms with Gasteiger partial charge in [-0.05, 0) is 37.3 Å². The summed E-state index contributed by atoms with van der Waals surface area (Å²) in [6.45, 7) is 2.48. The zero-order chi connectivity index (χ0) is 15.7. The second-order valence-electron chi connectivity index (χ2n) is 4.99. The minimum absolute atomic E-state index is 0.123. The fraction of sp³-hybridized carbons (Fsp3) is 0.176. The molecular weight excluding hydrogens is 280 g/mol. The monoisotopic (exact) mass is 296 g/mol. The van der Waals surface area contributed by atoms with Gasteiger partial charge in [-0.15, -0.1) is 0 Å². The van der Waals surface area contributed by atoms with Crippen molar-refractivity contribution in [2.45, 2.75) is 6.92 Å². The molecular formula is C17H16N2O3. The number of hydrogen-bond acceptors (Lipinski definition) is 3. The fourth-order valence-electron chi connectivity index (χ4n) is 2.47. The highest BCUT2D eigenvalue weighted by atomic mass is 16.4. The molecule has 112 valence electrons. The van der Waals surface area contributed by atoms with Crippen LogP contribution in [0.4, 0.5) is 5.69 Å². The molecule has 5 heteroatoms. The van der Waals surface area contributed by atoms with Crippen molar-refractivity contribution in [1.82, 2.24) is 4.57 Å². The summed E-state index contributed by atoms with van der Waals surface area (Å²) in [6, 6.07) is 14.5. The molecule has 0 N–H and O–H groups in total. The quantitative estimate of drug-likeness (QED) is 0.747. The van der Waals surface area contributed by atoms with Gasteiger partial charge in [-0.3, -0.25) is 9.36 Å². The van der Waals surface area contributed by atoms with Crippen LogP contribution in [0.3, 0.4) is 0 Å². The van der Waals surface area contributed by atoms with E-state index in [4.69, 9.17) is 4.42 Å². The van der Waals surface area contributed by atoms with Crippen LogP contribution in [0, 0.1) is 0 Å². The maximum Gasteiger partial charge on any atom is 0.419 e. The Morgan fingerprint density at radius 3 is 2.59 bits per heavy atom. The molecule has 2 aromatic carbocycles. The number of aromatic nitrogens is 1. The van der Waals surface area contributed by atoms with Crippen molar-refractivity contribution in [2.24, 2.45) is 7.05 Å². The number of benzene rings is 2. The van der Waals surface area contributed by atoms with Gasteiger partial charge >= 0.3 is 5.76 Å². The van der Waals surface area contributed by atoms with Gasteiger partial charge in [0, 0.05) is 24.8 Å². The number of nitrogens with zero attached hydrogens (tertiary/aromatic N) is 2. The Labute approximate surface area is 127 Å². The number of carbonyl (C=O) groups excluding carboxylic acids is 1. The van der Waals surface area contributed by atoms with E-state index in [9.17, 15) is 9.59 Å². The second kappa shape index (κ2) is 5.52. The van der Waals surface area contributed by atoms with Crippen LogP contribution < -0.4 is 10.7 Å². The number of rotatable bonds is 3. The van der Waals surface area contributed by atoms with Crippen molar-refractivity contribution in [1.29, 1.82) is 0 Å². The highest BCUT2D eigenvalue weighted by Crippen LogP contribution is 2.19. The zero-order valence-corrected chi connectivity index (χ0v) is 12.4. The molecule has 1 amide bonds. The van der Waals surface area contributed by atoms with Crippen LogP contribution >= 0.6 is 0 Å². The van der Waals surface area contributed by atoms with Gasteiger partial charge in [0.15, 0.2) is 5.58 Å². The van der Waals surface area contributed by atoms with Crippen molar-refractivity contribution in [3.8, 4) is 0 Å². The van der Waals surface area contributed by atoms with Crippen molar-refractivity contribution in [3.05, 3.63) is 64.6 Å². The number of para-hydroxylation sites is 1. The molecule has 0 aliphatic heterocycles. The number of hydrogen-bond donors (Lipinski definition) is 0. The molecule has 1 aromatic heterocycles. The van der Waals surface area contributed by atoms with Crippen LogP contribution in [0.2, 0.25) is 0 Å². The standard InChI is InChI=1S/C17H16N2O3/c1-3-19(13-7-5-4-6-8-13)16(20)12-9-10-14-15(11-12)22-17(21)18(14)2/h4-11H,3H2,1-2H3. The molecule has 0 aliphatic rings. The lowest BCUT2D eigenvalue weighted by molar-refractivity contribution is 0.0988. The molecule has 3 rings (SSSR count). The number of anilines is 1. The number of oxazole rings is 1. The van der Waals surface area contributed by atoms with Crippen molar-refractivity contribution in [3.63, 3.8) is 0 Å². The van der Waals surface area contributed by atoms with Crippen LogP contribution in [0.25, 0.3) is 11.1 Å². The second-order valence-corrected chi connectivity index (χ2v) is 4.99. The molecule has 0 atom stereocenters. The summed E-state index contributed by atoms with van der Waals surface area (Å²) >= 11 is 0. The molecule has 22 heavy (non-hydrogen) atoms. The molecule has 0 aliphatic carbocycles. The molecule has 0 bridgehead atoms. The summed E-state index contributed by atoms with van der Waals surface area (Å²) < 4.78 is 6.56. The lowest BCUT2D eigenvalue weighted by Gasteiger charge is -2.21. The highest BCUT2D eigenvalue weighted by molar-refractivity contribution is 6.07. The lowest BCUT2D eigenvalue weighted by atomic mass is 10.1. The Balaban J connectivity index is 2.02. The van der Waals surface area contributed by atoms with Crippen LogP contribution in [0.1, 0.15) is 17.3 Å². The van der Waals surface area contributed by atoms with E-state index in [0.717, 1.165) is 5.69 Å². The number of fused-ring (bicyclic) bond motifs is 1. The van der Waals surface area contributed by atoms with E-state index in [-0.39, 0.29) is 5.91 Å². The molecule has 0 radical (unpaired) electrons. The minimum atomic E-state index is -0.435. The Morgan fingerprint density at radius 2 is 1.91 bits per heavy atom. The third kappa shape index (κ3) is 2.30. The Hall–Kier alpha value is -2.82. The minimum Gasteiger partial charge on any atom is -0.408 e. The molecule has 1 heterocycles. The van der Waals surface area contributed by atoms with Gasteiger partial charge in [0.25, 0.3) is 5.91 Å². The molecule has 3 aromatic rings. The summed E-state index contributed by atoms with van der Waals surface area (Å²) in [6.07, 6.45) is 0. The van der Waals surface area contributed by atoms with Crippen LogP contribution in [-0.4, -0.2) is 17.0 Å². The topological polar surface area (TPSA) is 55.5 Å². The van der Waals surface area contributed by atoms with E-state index in [2.05, 4.69) is 0 Å². The highest BCUT2D eigenvalue weighted by Gasteiger charge is 2.17. The predicted octanol–water partition coefficient (Wildman–Crippen LogP) is 2.80. The van der Waals surface area contributed by atoms with E-state index >= 15 is 0 Å². The normalized spacial score (nSPS) is 10.8. The van der Waals surface area contributed by atoms with Crippen LogP contribution in [0.5, 0.6) is 0 Å². The first kappa shape index (κ1) is 14.1. The van der Waals surface area contributed by atoms with Gasteiger partial charge < -0.3 is 9.32 Å². The van der Waals surface area contributed by atoms with E-state index in [1.54, 1.807) is 30.1 Å². The van der Waals surface area contributed by atoms with Crippen LogP contribution in [0.15, 0.2) is 57.7 Å². The van der Waals surface area contributed by atoms with Gasteiger partial charge in [0.1, 0.15) is 0 Å². The Bertz CT molecular complexity index is 878. The number of amides is 1. The average Bonchev–Trinajstić information content (AvgIpc) is 2.83. The molecule has 5 nitrogen and oxygen atoms in total. The Kier molecular flexibility index (Phi) is 3.55. The number of aryl methyl sites for hydroxylation is 1. The first-order valence-corrected chi connectivity index (χ1v) is 7.08. The maximum atomic E-state index is 12.7. The van der Waals surface area contributed by atoms with E-state index in [1.165, 1.54) is 4.57 Å². The van der Waals surface area contributed by atoms with E-state index in [0.29, 0.717) is 23.2 Å². The maximum absolute atomic E-state index is 12.7. The smallest absolute Gasteiger partial charge is 0.408 e. The fourth-order valence-corrected chi connectivity index (χ4v) is 2.47. The summed E-state index contributed by atoms with van der Waals surface area (Å²) in [5.41, 5.74) is 2.42. The van der Waals surface area contributed by atoms with Gasteiger partial charge in [-0.25, -0.2) is 4.79 Å². The molecule has 0 saturated heterocycles. The molecule has 0 fully saturated rings. The van der Waals surface area contributed by atoms with Gasteiger partial charge in [-0.1, -0.05) is 18.2 Å². The zero-order valence-electron chi connectivity index (χ0n) is 12.4. The third-order valence-electron chi connectivity index (χ3n) is 3.67. The Morgan fingerprint density at radius 1 is 1.18 bits per heavy atom. The first-order valence-electron chi connectivity index (χ1n) is 7.08. The summed E-state index contributed by atoms with van der Waals surface area (Å²) in [7, 11) is 1.64. The van der Waals surface area contributed by atoms with E-state index in [1.807, 2.05) is 37.3 Å². The summed E-state index contributed by atoms with van der Waals surface area (Å²) in [4.78, 5) is 25.9. The van der Waals surface area contributed by atoms with Gasteiger partial charge in [0.05, 0.1) is 5.52 Å². The van der Waals surface area contributed by atoms with Gasteiger partial charge in [-0.2, -0.15) is 0 Å². The van der Waals surface area contributed by atoms with Crippen LogP contribution in [-0.2, 0) is 7.05 Å². The summed E-state index contributed by atoms with van der Waals surface area (Å²) in [5, 5.41) is 0. The molecule has 0 unspecified atom stereocenters. The SMILES string of the molecule is CCN(C(=O)c1ccc2c(c1)oc(=O)n2C)c1ccccc1. The lowest BCUT2D eigenvalue weighted by Crippen LogP contribution is -2.30. The largest absolute Gasteiger partial charge is 0.419 e.